The van der Waals surface area contributed by atoms with Gasteiger partial charge in [-0.1, -0.05) is 11.6 Å². The van der Waals surface area contributed by atoms with Gasteiger partial charge in [0.1, 0.15) is 0 Å². The van der Waals surface area contributed by atoms with E-state index in [2.05, 4.69) is 18.7 Å². The monoisotopic (exact) mass is 233 g/mol. The van der Waals surface area contributed by atoms with Gasteiger partial charge in [-0.05, 0) is 32.4 Å². The van der Waals surface area contributed by atoms with Gasteiger partial charge in [-0.25, -0.2) is 0 Å². The van der Waals surface area contributed by atoms with E-state index >= 15 is 0 Å². The van der Waals surface area contributed by atoms with Crippen LogP contribution < -0.4 is 4.90 Å². The Morgan fingerprint density at radius 1 is 1.50 bits per heavy atom. The second kappa shape index (κ2) is 4.51. The summed E-state index contributed by atoms with van der Waals surface area (Å²) in [4.78, 5) is 2.15. The zero-order chi connectivity index (χ0) is 10.8. The number of aliphatic hydroxyl groups is 1. The van der Waals surface area contributed by atoms with E-state index in [1.165, 1.54) is 0 Å². The number of thiophene rings is 1. The molecule has 0 aliphatic rings. The lowest BCUT2D eigenvalue weighted by molar-refractivity contribution is 0.250. The molecule has 1 aromatic rings. The first-order chi connectivity index (χ1) is 6.47. The molecule has 4 heteroatoms. The molecular formula is C10H16ClNOS. The van der Waals surface area contributed by atoms with Crippen LogP contribution in [0.5, 0.6) is 0 Å². The van der Waals surface area contributed by atoms with E-state index < -0.39 is 0 Å². The predicted molar refractivity (Wildman–Crippen MR) is 63.5 cm³/mol. The highest BCUT2D eigenvalue weighted by Crippen LogP contribution is 2.33. The number of nitrogens with zero attached hydrogens (tertiary/aromatic N) is 1. The third-order valence-electron chi connectivity index (χ3n) is 2.52. The van der Waals surface area contributed by atoms with Crippen LogP contribution >= 0.6 is 22.9 Å². The van der Waals surface area contributed by atoms with Gasteiger partial charge in [0.2, 0.25) is 0 Å². The summed E-state index contributed by atoms with van der Waals surface area (Å²) in [5, 5.41) is 10.1. The molecule has 1 aromatic heterocycles. The van der Waals surface area contributed by atoms with Crippen LogP contribution in [0.1, 0.15) is 20.3 Å². The van der Waals surface area contributed by atoms with Crippen LogP contribution in [-0.4, -0.2) is 24.3 Å². The van der Waals surface area contributed by atoms with Crippen molar-refractivity contribution in [1.29, 1.82) is 0 Å². The Labute approximate surface area is 94.1 Å². The molecule has 0 saturated carbocycles. The summed E-state index contributed by atoms with van der Waals surface area (Å²) in [6, 6.07) is 3.90. The Bertz CT molecular complexity index is 298. The van der Waals surface area contributed by atoms with Crippen molar-refractivity contribution < 1.29 is 5.11 Å². The van der Waals surface area contributed by atoms with Crippen molar-refractivity contribution in [3.8, 4) is 0 Å². The Morgan fingerprint density at radius 2 is 2.14 bits per heavy atom. The lowest BCUT2D eigenvalue weighted by Gasteiger charge is -2.36. The third-order valence-corrected chi connectivity index (χ3v) is 3.83. The fourth-order valence-electron chi connectivity index (χ4n) is 1.22. The average molecular weight is 234 g/mol. The van der Waals surface area contributed by atoms with Crippen LogP contribution in [0.25, 0.3) is 0 Å². The van der Waals surface area contributed by atoms with Gasteiger partial charge in [0.25, 0.3) is 0 Å². The topological polar surface area (TPSA) is 23.5 Å². The number of anilines is 1. The molecule has 0 saturated heterocycles. The highest BCUT2D eigenvalue weighted by molar-refractivity contribution is 7.19. The van der Waals surface area contributed by atoms with Gasteiger partial charge in [-0.3, -0.25) is 0 Å². The van der Waals surface area contributed by atoms with Gasteiger partial charge in [0.15, 0.2) is 0 Å². The van der Waals surface area contributed by atoms with Crippen LogP contribution in [0.4, 0.5) is 5.00 Å². The lowest BCUT2D eigenvalue weighted by atomic mass is 10.00. The van der Waals surface area contributed by atoms with Crippen molar-refractivity contribution in [3.05, 3.63) is 16.5 Å². The first kappa shape index (κ1) is 11.8. The van der Waals surface area contributed by atoms with E-state index in [0.29, 0.717) is 0 Å². The van der Waals surface area contributed by atoms with E-state index in [1.807, 2.05) is 19.2 Å². The molecule has 0 aromatic carbocycles. The van der Waals surface area contributed by atoms with Crippen LogP contribution in [0.3, 0.4) is 0 Å². The SMILES string of the molecule is CN(c1ccc(Cl)s1)C(C)(C)CCO. The molecule has 0 fully saturated rings. The maximum Gasteiger partial charge on any atom is 0.0950 e. The summed E-state index contributed by atoms with van der Waals surface area (Å²) in [7, 11) is 2.03. The molecule has 0 unspecified atom stereocenters. The molecule has 1 rings (SSSR count). The summed E-state index contributed by atoms with van der Waals surface area (Å²) in [5.74, 6) is 0. The van der Waals surface area contributed by atoms with Gasteiger partial charge in [-0.15, -0.1) is 11.3 Å². The van der Waals surface area contributed by atoms with Gasteiger partial charge in [-0.2, -0.15) is 0 Å². The van der Waals surface area contributed by atoms with E-state index in [-0.39, 0.29) is 12.1 Å². The van der Waals surface area contributed by atoms with Crippen molar-refractivity contribution in [3.63, 3.8) is 0 Å². The molecule has 1 N–H and O–H groups in total. The normalized spacial score (nSPS) is 11.8. The molecule has 2 nitrogen and oxygen atoms in total. The Kier molecular flexibility index (Phi) is 3.81. The predicted octanol–water partition coefficient (Wildman–Crippen LogP) is 3.00. The third kappa shape index (κ3) is 2.62. The minimum absolute atomic E-state index is 0.0388. The first-order valence-corrected chi connectivity index (χ1v) is 5.77. The fraction of sp³-hybridized carbons (Fsp3) is 0.600. The molecule has 0 atom stereocenters. The van der Waals surface area contributed by atoms with Gasteiger partial charge >= 0.3 is 0 Å². The summed E-state index contributed by atoms with van der Waals surface area (Å²) in [6.45, 7) is 4.42. The number of hydrogen-bond donors (Lipinski definition) is 1. The average Bonchev–Trinajstić information content (AvgIpc) is 2.50. The van der Waals surface area contributed by atoms with Crippen LogP contribution in [-0.2, 0) is 0 Å². The molecule has 0 spiro atoms. The molecule has 80 valence electrons. The van der Waals surface area contributed by atoms with Gasteiger partial charge < -0.3 is 10.0 Å². The minimum Gasteiger partial charge on any atom is -0.396 e. The highest BCUT2D eigenvalue weighted by atomic mass is 35.5. The fourth-order valence-corrected chi connectivity index (χ4v) is 2.38. The van der Waals surface area contributed by atoms with Crippen LogP contribution in [0, 0.1) is 0 Å². The maximum atomic E-state index is 8.95. The molecule has 1 heterocycles. The van der Waals surface area contributed by atoms with Crippen molar-refractivity contribution in [1.82, 2.24) is 0 Å². The molecule has 0 aliphatic carbocycles. The van der Waals surface area contributed by atoms with E-state index in [0.717, 1.165) is 15.8 Å². The van der Waals surface area contributed by atoms with Crippen molar-refractivity contribution in [2.24, 2.45) is 0 Å². The minimum atomic E-state index is -0.0388. The van der Waals surface area contributed by atoms with Gasteiger partial charge in [0.05, 0.1) is 9.34 Å². The molecule has 0 aliphatic heterocycles. The number of aliphatic hydroxyl groups excluding tert-OH is 1. The first-order valence-electron chi connectivity index (χ1n) is 4.57. The highest BCUT2D eigenvalue weighted by Gasteiger charge is 2.23. The van der Waals surface area contributed by atoms with Crippen molar-refractivity contribution in [2.45, 2.75) is 25.8 Å². The molecular weight excluding hydrogens is 218 g/mol. The van der Waals surface area contributed by atoms with Crippen molar-refractivity contribution in [2.75, 3.05) is 18.6 Å². The van der Waals surface area contributed by atoms with E-state index in [4.69, 9.17) is 16.7 Å². The lowest BCUT2D eigenvalue weighted by Crippen LogP contribution is -2.41. The summed E-state index contributed by atoms with van der Waals surface area (Å²) >= 11 is 7.43. The van der Waals surface area contributed by atoms with Crippen LogP contribution in [0.2, 0.25) is 4.34 Å². The van der Waals surface area contributed by atoms with Crippen LogP contribution in [0.15, 0.2) is 12.1 Å². The zero-order valence-electron chi connectivity index (χ0n) is 8.75. The Morgan fingerprint density at radius 3 is 2.57 bits per heavy atom. The maximum absolute atomic E-state index is 8.95. The second-order valence-corrected chi connectivity index (χ2v) is 5.62. The number of hydrogen-bond acceptors (Lipinski definition) is 3. The van der Waals surface area contributed by atoms with E-state index in [9.17, 15) is 0 Å². The molecule has 0 radical (unpaired) electrons. The van der Waals surface area contributed by atoms with Crippen molar-refractivity contribution >= 4 is 27.9 Å². The quantitative estimate of drug-likeness (QED) is 0.864. The number of rotatable bonds is 4. The summed E-state index contributed by atoms with van der Waals surface area (Å²) < 4.78 is 0.798. The summed E-state index contributed by atoms with van der Waals surface area (Å²) in [6.07, 6.45) is 0.749. The number of halogens is 1. The standard InChI is InChI=1S/C10H16ClNOS/c1-10(2,6-7-13)12(3)9-5-4-8(11)14-9/h4-5,13H,6-7H2,1-3H3. The summed E-state index contributed by atoms with van der Waals surface area (Å²) in [5.41, 5.74) is -0.0388. The Hall–Kier alpha value is -0.250. The van der Waals surface area contributed by atoms with Gasteiger partial charge in [0, 0.05) is 19.2 Å². The second-order valence-electron chi connectivity index (χ2n) is 3.92. The molecule has 0 bridgehead atoms. The largest absolute Gasteiger partial charge is 0.396 e. The van der Waals surface area contributed by atoms with E-state index in [1.54, 1.807) is 11.3 Å². The zero-order valence-corrected chi connectivity index (χ0v) is 10.3. The Balaban J connectivity index is 2.78. The molecule has 0 amide bonds. The molecule has 14 heavy (non-hydrogen) atoms. The smallest absolute Gasteiger partial charge is 0.0950 e.